The Morgan fingerprint density at radius 2 is 2.22 bits per heavy atom. The third kappa shape index (κ3) is 2.39. The van der Waals surface area contributed by atoms with Crippen molar-refractivity contribution < 1.29 is 9.53 Å². The summed E-state index contributed by atoms with van der Waals surface area (Å²) in [6, 6.07) is 7.89. The number of hydrogen-bond acceptors (Lipinski definition) is 2. The van der Waals surface area contributed by atoms with Crippen LogP contribution in [0.1, 0.15) is 18.9 Å². The van der Waals surface area contributed by atoms with Crippen molar-refractivity contribution in [1.29, 1.82) is 0 Å². The number of carbonyl (C=O) groups excluding carboxylic acids is 1. The van der Waals surface area contributed by atoms with Crippen molar-refractivity contribution in [2.75, 3.05) is 20.3 Å². The first-order valence-electron chi connectivity index (χ1n) is 6.00. The van der Waals surface area contributed by atoms with Gasteiger partial charge in [-0.05, 0) is 37.7 Å². The molecule has 2 rings (SSSR count). The molecule has 3 nitrogen and oxygen atoms in total. The largest absolute Gasteiger partial charge is 0.497 e. The summed E-state index contributed by atoms with van der Waals surface area (Å²) in [4.78, 5) is 12.5. The first kappa shape index (κ1) is 13.8. The maximum Gasteiger partial charge on any atom is 0.236 e. The summed E-state index contributed by atoms with van der Waals surface area (Å²) in [5, 5.41) is 0. The molecule has 98 valence electrons. The minimum absolute atomic E-state index is 0.267. The van der Waals surface area contributed by atoms with E-state index in [0.29, 0.717) is 8.42 Å². The second-order valence-corrected chi connectivity index (χ2v) is 8.07. The molecule has 5 heteroatoms. The zero-order valence-corrected chi connectivity index (χ0v) is 13.0. The Labute approximate surface area is 112 Å². The van der Waals surface area contributed by atoms with Gasteiger partial charge >= 0.3 is 0 Å². The van der Waals surface area contributed by atoms with Gasteiger partial charge in [0.15, 0.2) is 0 Å². The van der Waals surface area contributed by atoms with E-state index in [-0.39, 0.29) is 11.3 Å². The Balaban J connectivity index is 2.28. The molecule has 0 saturated carbocycles. The predicted octanol–water partition coefficient (Wildman–Crippen LogP) is 3.00. The molecule has 0 aliphatic carbocycles. The first-order chi connectivity index (χ1) is 8.61. The van der Waals surface area contributed by atoms with Crippen molar-refractivity contribution >= 4 is 22.6 Å². The van der Waals surface area contributed by atoms with E-state index in [4.69, 9.17) is 4.74 Å². The Hall–Kier alpha value is -0.650. The van der Waals surface area contributed by atoms with E-state index in [1.807, 2.05) is 35.9 Å². The Morgan fingerprint density at radius 1 is 1.44 bits per heavy atom. The van der Waals surface area contributed by atoms with Crippen LogP contribution in [-0.4, -0.2) is 30.9 Å². The van der Waals surface area contributed by atoms with Crippen LogP contribution >= 0.6 is 16.7 Å². The zero-order chi connectivity index (χ0) is 13.2. The SMILES string of the molecule is COc1cccc(C2(C)CCN(PPC)C2=O)c1. The molecule has 1 aromatic rings. The molecule has 0 bridgehead atoms. The lowest BCUT2D eigenvalue weighted by molar-refractivity contribution is -0.127. The molecule has 1 aromatic carbocycles. The average molecular weight is 283 g/mol. The molecule has 1 fully saturated rings. The van der Waals surface area contributed by atoms with Crippen LogP contribution in [0.4, 0.5) is 0 Å². The zero-order valence-electron chi connectivity index (χ0n) is 11.0. The van der Waals surface area contributed by atoms with E-state index in [0.717, 1.165) is 32.5 Å². The summed E-state index contributed by atoms with van der Waals surface area (Å²) in [7, 11) is 3.11. The van der Waals surface area contributed by atoms with Crippen LogP contribution in [0.25, 0.3) is 0 Å². The van der Waals surface area contributed by atoms with Crippen LogP contribution in [0.3, 0.4) is 0 Å². The van der Waals surface area contributed by atoms with Gasteiger partial charge in [-0.25, -0.2) is 0 Å². The third-order valence-electron chi connectivity index (χ3n) is 3.51. The van der Waals surface area contributed by atoms with E-state index < -0.39 is 0 Å². The Kier molecular flexibility index (Phi) is 4.25. The maximum absolute atomic E-state index is 12.5. The minimum Gasteiger partial charge on any atom is -0.497 e. The van der Waals surface area contributed by atoms with Gasteiger partial charge in [-0.2, -0.15) is 0 Å². The van der Waals surface area contributed by atoms with E-state index >= 15 is 0 Å². The topological polar surface area (TPSA) is 29.5 Å². The average Bonchev–Trinajstić information content (AvgIpc) is 2.69. The van der Waals surface area contributed by atoms with E-state index in [1.54, 1.807) is 7.11 Å². The van der Waals surface area contributed by atoms with Gasteiger partial charge in [-0.1, -0.05) is 20.4 Å². The summed E-state index contributed by atoms with van der Waals surface area (Å²) < 4.78 is 7.26. The van der Waals surface area contributed by atoms with Gasteiger partial charge < -0.3 is 9.41 Å². The number of carbonyl (C=O) groups is 1. The molecule has 0 N–H and O–H groups in total. The fourth-order valence-corrected chi connectivity index (χ4v) is 4.61. The normalized spacial score (nSPS) is 24.8. The van der Waals surface area contributed by atoms with E-state index in [1.165, 1.54) is 0 Å². The first-order valence-corrected chi connectivity index (χ1v) is 9.45. The monoisotopic (exact) mass is 283 g/mol. The summed E-state index contributed by atoms with van der Waals surface area (Å²) in [6.45, 7) is 5.08. The third-order valence-corrected chi connectivity index (χ3v) is 5.91. The second kappa shape index (κ2) is 5.55. The molecule has 3 atom stereocenters. The van der Waals surface area contributed by atoms with Crippen molar-refractivity contribution in [1.82, 2.24) is 4.67 Å². The lowest BCUT2D eigenvalue weighted by Gasteiger charge is -2.24. The van der Waals surface area contributed by atoms with Gasteiger partial charge in [-0.3, -0.25) is 4.79 Å². The number of methoxy groups -OCH3 is 1. The van der Waals surface area contributed by atoms with Crippen molar-refractivity contribution in [3.05, 3.63) is 29.8 Å². The highest BCUT2D eigenvalue weighted by Crippen LogP contribution is 2.46. The number of benzene rings is 1. The minimum atomic E-state index is -0.374. The highest BCUT2D eigenvalue weighted by atomic mass is 32.0. The highest BCUT2D eigenvalue weighted by Gasteiger charge is 2.43. The van der Waals surface area contributed by atoms with Gasteiger partial charge in [-0.15, -0.1) is 0 Å². The molecule has 1 aliphatic rings. The smallest absolute Gasteiger partial charge is 0.236 e. The predicted molar refractivity (Wildman–Crippen MR) is 79.2 cm³/mol. The highest BCUT2D eigenvalue weighted by molar-refractivity contribution is 8.10. The standard InChI is InChI=1S/C13H19NO2P2/c1-13(7-8-14(12(13)15)18-17-3)10-5-4-6-11(9-10)16-2/h4-6,9,17-18H,7-8H2,1-3H3. The lowest BCUT2D eigenvalue weighted by atomic mass is 9.81. The number of amides is 1. The molecule has 18 heavy (non-hydrogen) atoms. The summed E-state index contributed by atoms with van der Waals surface area (Å²) >= 11 is 0. The second-order valence-electron chi connectivity index (χ2n) is 4.63. The molecule has 1 aliphatic heterocycles. The van der Waals surface area contributed by atoms with Crippen molar-refractivity contribution in [3.8, 4) is 5.75 Å². The van der Waals surface area contributed by atoms with Crippen LogP contribution in [0, 0.1) is 0 Å². The fourth-order valence-electron chi connectivity index (χ4n) is 2.32. The summed E-state index contributed by atoms with van der Waals surface area (Å²) in [6.07, 6.45) is 0.899. The lowest BCUT2D eigenvalue weighted by Crippen LogP contribution is -2.31. The number of hydrogen-bond donors (Lipinski definition) is 0. The van der Waals surface area contributed by atoms with Gasteiger partial charge in [0.05, 0.1) is 12.5 Å². The van der Waals surface area contributed by atoms with Crippen LogP contribution in [0.2, 0.25) is 0 Å². The van der Waals surface area contributed by atoms with Gasteiger partial charge in [0.25, 0.3) is 0 Å². The van der Waals surface area contributed by atoms with Crippen LogP contribution in [0.5, 0.6) is 5.75 Å². The van der Waals surface area contributed by atoms with Crippen LogP contribution in [-0.2, 0) is 10.2 Å². The molecule has 0 radical (unpaired) electrons. The van der Waals surface area contributed by atoms with Crippen LogP contribution < -0.4 is 4.74 Å². The fraction of sp³-hybridized carbons (Fsp3) is 0.462. The molecule has 0 spiro atoms. The van der Waals surface area contributed by atoms with Crippen molar-refractivity contribution in [2.45, 2.75) is 18.8 Å². The Morgan fingerprint density at radius 3 is 2.89 bits per heavy atom. The molecule has 1 saturated heterocycles. The Bertz CT molecular complexity index is 452. The molecular formula is C13H19NO2P2. The van der Waals surface area contributed by atoms with Crippen molar-refractivity contribution in [2.24, 2.45) is 0 Å². The number of nitrogens with zero attached hydrogens (tertiary/aromatic N) is 1. The van der Waals surface area contributed by atoms with Crippen LogP contribution in [0.15, 0.2) is 24.3 Å². The molecule has 1 heterocycles. The van der Waals surface area contributed by atoms with E-state index in [2.05, 4.69) is 6.66 Å². The molecule has 1 amide bonds. The molecule has 0 aromatic heterocycles. The number of rotatable bonds is 4. The maximum atomic E-state index is 12.5. The summed E-state index contributed by atoms with van der Waals surface area (Å²) in [5.74, 6) is 1.09. The van der Waals surface area contributed by atoms with Crippen molar-refractivity contribution in [3.63, 3.8) is 0 Å². The number of ether oxygens (including phenoxy) is 1. The quantitative estimate of drug-likeness (QED) is 0.795. The van der Waals surface area contributed by atoms with Gasteiger partial charge in [0.2, 0.25) is 5.91 Å². The van der Waals surface area contributed by atoms with Gasteiger partial charge in [0, 0.05) is 15.0 Å². The molecular weight excluding hydrogens is 264 g/mol. The molecule has 3 unspecified atom stereocenters. The van der Waals surface area contributed by atoms with E-state index in [9.17, 15) is 4.79 Å². The van der Waals surface area contributed by atoms with Gasteiger partial charge in [0.1, 0.15) is 5.75 Å². The summed E-state index contributed by atoms with van der Waals surface area (Å²) in [5.41, 5.74) is 0.694.